The Morgan fingerprint density at radius 2 is 1.75 bits per heavy atom. The molecule has 1 heterocycles. The smallest absolute Gasteiger partial charge is 0.321 e. The standard InChI is InChI=1S/C25H32FN3O6S/c1-8-18(30)13-19(31)20(24(32)35-15(4)5)21-22(14(2)3)27-25(29(6)36(7,33)34)28-23(21)16-9-11-17(26)12-10-16/h8-12,14-15,18,20,30H,1,13H2,2-7H3. The zero-order chi connectivity index (χ0) is 27.4. The number of carbonyl (C=O) groups is 2. The first-order chi connectivity index (χ1) is 16.7. The molecule has 2 rings (SSSR count). The number of aromatic nitrogens is 2. The van der Waals surface area contributed by atoms with Crippen LogP contribution in [0, 0.1) is 5.82 Å². The highest BCUT2D eigenvalue weighted by atomic mass is 32.2. The topological polar surface area (TPSA) is 127 Å². The lowest BCUT2D eigenvalue weighted by Crippen LogP contribution is -2.32. The highest BCUT2D eigenvalue weighted by molar-refractivity contribution is 7.92. The molecule has 0 saturated heterocycles. The lowest BCUT2D eigenvalue weighted by molar-refractivity contribution is -0.152. The van der Waals surface area contributed by atoms with Gasteiger partial charge in [-0.15, -0.1) is 6.58 Å². The Morgan fingerprint density at radius 1 is 1.17 bits per heavy atom. The van der Waals surface area contributed by atoms with E-state index >= 15 is 0 Å². The molecule has 1 aromatic carbocycles. The van der Waals surface area contributed by atoms with Crippen LogP contribution in [0.1, 0.15) is 57.2 Å². The summed E-state index contributed by atoms with van der Waals surface area (Å²) >= 11 is 0. The molecule has 9 nitrogen and oxygen atoms in total. The lowest BCUT2D eigenvalue weighted by Gasteiger charge is -2.26. The summed E-state index contributed by atoms with van der Waals surface area (Å²) in [6.45, 7) is 10.3. The van der Waals surface area contributed by atoms with Crippen molar-refractivity contribution in [3.63, 3.8) is 0 Å². The number of halogens is 1. The van der Waals surface area contributed by atoms with Gasteiger partial charge in [0.1, 0.15) is 11.7 Å². The molecular weight excluding hydrogens is 489 g/mol. The second kappa shape index (κ2) is 11.7. The maximum atomic E-state index is 13.7. The molecule has 0 saturated carbocycles. The summed E-state index contributed by atoms with van der Waals surface area (Å²) in [7, 11) is -2.48. The van der Waals surface area contributed by atoms with E-state index in [0.29, 0.717) is 5.56 Å². The molecule has 0 spiro atoms. The molecule has 2 aromatic rings. The number of nitrogens with zero attached hydrogens (tertiary/aromatic N) is 3. The SMILES string of the molecule is C=CC(O)CC(=O)C(C(=O)OC(C)C)c1c(-c2ccc(F)cc2)nc(N(C)S(C)(=O)=O)nc1C(C)C. The fourth-order valence-electron chi connectivity index (χ4n) is 3.43. The van der Waals surface area contributed by atoms with Gasteiger partial charge in [0.05, 0.1) is 29.9 Å². The van der Waals surface area contributed by atoms with Crippen molar-refractivity contribution in [2.45, 2.75) is 58.2 Å². The van der Waals surface area contributed by atoms with Crippen molar-refractivity contribution in [1.29, 1.82) is 0 Å². The fourth-order valence-corrected chi connectivity index (χ4v) is 3.81. The number of aliphatic hydroxyl groups excluding tert-OH is 1. The highest BCUT2D eigenvalue weighted by Crippen LogP contribution is 2.37. The Morgan fingerprint density at radius 3 is 2.22 bits per heavy atom. The zero-order valence-electron chi connectivity index (χ0n) is 21.2. The third kappa shape index (κ3) is 6.94. The molecule has 2 atom stereocenters. The molecule has 0 fully saturated rings. The van der Waals surface area contributed by atoms with Crippen LogP contribution in [-0.2, 0) is 24.3 Å². The van der Waals surface area contributed by atoms with Gasteiger partial charge in [-0.1, -0.05) is 19.9 Å². The number of esters is 1. The first-order valence-corrected chi connectivity index (χ1v) is 13.2. The van der Waals surface area contributed by atoms with Crippen LogP contribution in [0.3, 0.4) is 0 Å². The average Bonchev–Trinajstić information content (AvgIpc) is 2.77. The quantitative estimate of drug-likeness (QED) is 0.271. The van der Waals surface area contributed by atoms with Crippen LogP contribution < -0.4 is 4.31 Å². The average molecular weight is 522 g/mol. The summed E-state index contributed by atoms with van der Waals surface area (Å²) in [6.07, 6.45) is -0.0223. The number of sulfonamides is 1. The number of anilines is 1. The molecule has 2 unspecified atom stereocenters. The summed E-state index contributed by atoms with van der Waals surface area (Å²) in [5.41, 5.74) is 0.751. The second-order valence-corrected chi connectivity index (χ2v) is 11.0. The van der Waals surface area contributed by atoms with Crippen molar-refractivity contribution < 1.29 is 32.2 Å². The first kappa shape index (κ1) is 29.1. The van der Waals surface area contributed by atoms with Crippen molar-refractivity contribution in [2.75, 3.05) is 17.6 Å². The normalized spacial score (nSPS) is 13.4. The van der Waals surface area contributed by atoms with Crippen LogP contribution in [-0.4, -0.2) is 60.8 Å². The molecule has 0 amide bonds. The van der Waals surface area contributed by atoms with Crippen LogP contribution in [0.5, 0.6) is 0 Å². The van der Waals surface area contributed by atoms with Crippen molar-refractivity contribution in [3.8, 4) is 11.3 Å². The number of aliphatic hydroxyl groups is 1. The summed E-state index contributed by atoms with van der Waals surface area (Å²) < 4.78 is 44.5. The van der Waals surface area contributed by atoms with Crippen molar-refractivity contribution in [3.05, 3.63) is 54.0 Å². The number of ether oxygens (including phenoxy) is 1. The molecule has 0 aliphatic carbocycles. The van der Waals surface area contributed by atoms with E-state index in [1.807, 2.05) is 0 Å². The van der Waals surface area contributed by atoms with E-state index in [-0.39, 0.29) is 28.8 Å². The predicted molar refractivity (Wildman–Crippen MR) is 135 cm³/mol. The maximum Gasteiger partial charge on any atom is 0.321 e. The Balaban J connectivity index is 2.98. The minimum Gasteiger partial charge on any atom is -0.462 e. The molecule has 0 bridgehead atoms. The van der Waals surface area contributed by atoms with Crippen LogP contribution >= 0.6 is 0 Å². The molecular formula is C25H32FN3O6S. The van der Waals surface area contributed by atoms with Gasteiger partial charge in [0.15, 0.2) is 5.78 Å². The number of hydrogen-bond acceptors (Lipinski definition) is 8. The minimum atomic E-state index is -3.76. The Kier molecular flexibility index (Phi) is 9.44. The molecule has 11 heteroatoms. The van der Waals surface area contributed by atoms with Crippen molar-refractivity contribution in [1.82, 2.24) is 9.97 Å². The number of hydrogen-bond donors (Lipinski definition) is 1. The van der Waals surface area contributed by atoms with Gasteiger partial charge in [0, 0.05) is 24.6 Å². The zero-order valence-corrected chi connectivity index (χ0v) is 22.0. The van der Waals surface area contributed by atoms with Gasteiger partial charge < -0.3 is 9.84 Å². The van der Waals surface area contributed by atoms with Crippen LogP contribution in [0.15, 0.2) is 36.9 Å². The number of rotatable bonds is 11. The van der Waals surface area contributed by atoms with Crippen LogP contribution in [0.4, 0.5) is 10.3 Å². The number of Topliss-reactive ketones (excluding diaryl/α,β-unsaturated/α-hetero) is 1. The summed E-state index contributed by atoms with van der Waals surface area (Å²) in [6, 6.07) is 5.18. The van der Waals surface area contributed by atoms with E-state index in [0.717, 1.165) is 10.6 Å². The van der Waals surface area contributed by atoms with Gasteiger partial charge in [0.25, 0.3) is 0 Å². The van der Waals surface area contributed by atoms with E-state index in [1.165, 1.54) is 37.4 Å². The minimum absolute atomic E-state index is 0.0753. The summed E-state index contributed by atoms with van der Waals surface area (Å²) in [5, 5.41) is 10.1. The van der Waals surface area contributed by atoms with Gasteiger partial charge in [-0.2, -0.15) is 0 Å². The summed E-state index contributed by atoms with van der Waals surface area (Å²) in [5.74, 6) is -4.15. The Labute approximate surface area is 211 Å². The molecule has 0 radical (unpaired) electrons. The molecule has 1 aromatic heterocycles. The lowest BCUT2D eigenvalue weighted by atomic mass is 9.84. The number of ketones is 1. The largest absolute Gasteiger partial charge is 0.462 e. The number of benzene rings is 1. The van der Waals surface area contributed by atoms with Crippen molar-refractivity contribution >= 4 is 27.7 Å². The molecule has 0 aliphatic rings. The summed E-state index contributed by atoms with van der Waals surface area (Å²) in [4.78, 5) is 35.5. The fraction of sp³-hybridized carbons (Fsp3) is 0.440. The van der Waals surface area contributed by atoms with Gasteiger partial charge in [-0.3, -0.25) is 9.59 Å². The van der Waals surface area contributed by atoms with E-state index in [2.05, 4.69) is 16.5 Å². The molecule has 0 aliphatic heterocycles. The van der Waals surface area contributed by atoms with E-state index in [9.17, 15) is 27.5 Å². The molecule has 196 valence electrons. The van der Waals surface area contributed by atoms with Gasteiger partial charge >= 0.3 is 5.97 Å². The van der Waals surface area contributed by atoms with Gasteiger partial charge in [0.2, 0.25) is 16.0 Å². The maximum absolute atomic E-state index is 13.7. The Hall–Kier alpha value is -3.18. The van der Waals surface area contributed by atoms with Gasteiger partial charge in [-0.05, 0) is 44.0 Å². The van der Waals surface area contributed by atoms with Crippen molar-refractivity contribution in [2.24, 2.45) is 0 Å². The van der Waals surface area contributed by atoms with Crippen LogP contribution in [0.2, 0.25) is 0 Å². The Bertz CT molecular complexity index is 1230. The van der Waals surface area contributed by atoms with Crippen LogP contribution in [0.25, 0.3) is 11.3 Å². The third-order valence-corrected chi connectivity index (χ3v) is 6.45. The van der Waals surface area contributed by atoms with Gasteiger partial charge in [-0.25, -0.2) is 27.1 Å². The molecule has 1 N–H and O–H groups in total. The first-order valence-electron chi connectivity index (χ1n) is 11.3. The predicted octanol–water partition coefficient (Wildman–Crippen LogP) is 3.34. The van der Waals surface area contributed by atoms with E-state index < -0.39 is 52.1 Å². The molecule has 36 heavy (non-hydrogen) atoms. The highest BCUT2D eigenvalue weighted by Gasteiger charge is 2.38. The van der Waals surface area contributed by atoms with E-state index in [1.54, 1.807) is 27.7 Å². The third-order valence-electron chi connectivity index (χ3n) is 5.29. The number of carbonyl (C=O) groups excluding carboxylic acids is 2. The second-order valence-electron chi connectivity index (χ2n) is 8.96. The monoisotopic (exact) mass is 521 g/mol. The van der Waals surface area contributed by atoms with E-state index in [4.69, 9.17) is 4.74 Å².